The van der Waals surface area contributed by atoms with E-state index in [4.69, 9.17) is 4.74 Å². The zero-order chi connectivity index (χ0) is 12.2. The molecule has 16 heavy (non-hydrogen) atoms. The molecule has 1 rings (SSSR count). The number of hydrogen-bond acceptors (Lipinski definition) is 2. The quantitative estimate of drug-likeness (QED) is 0.676. The molecule has 0 radical (unpaired) electrons. The highest BCUT2D eigenvalue weighted by atomic mass is 16.5. The van der Waals surface area contributed by atoms with Crippen molar-refractivity contribution in [3.63, 3.8) is 0 Å². The molecule has 0 aromatic rings. The summed E-state index contributed by atoms with van der Waals surface area (Å²) in [5.41, 5.74) is -0.0440. The first kappa shape index (κ1) is 14.0. The Balaban J connectivity index is 2.13. The molecule has 96 valence electrons. The fraction of sp³-hybridized carbons (Fsp3) is 1.00. The van der Waals surface area contributed by atoms with Gasteiger partial charge in [-0.05, 0) is 13.3 Å². The van der Waals surface area contributed by atoms with Crippen LogP contribution in [0.3, 0.4) is 0 Å². The van der Waals surface area contributed by atoms with Crippen LogP contribution in [0.1, 0.15) is 66.2 Å². The third-order valence-electron chi connectivity index (χ3n) is 3.99. The summed E-state index contributed by atoms with van der Waals surface area (Å²) in [6.07, 6.45) is 7.60. The smallest absolute Gasteiger partial charge is 0.0679 e. The van der Waals surface area contributed by atoms with Gasteiger partial charge in [-0.2, -0.15) is 0 Å². The SMILES string of the molecule is CCCCCCC(C)OC1CC(O)C1(C)C. The molecule has 0 amide bonds. The molecular weight excluding hydrogens is 200 g/mol. The summed E-state index contributed by atoms with van der Waals surface area (Å²) in [5, 5.41) is 9.63. The van der Waals surface area contributed by atoms with Crippen molar-refractivity contribution < 1.29 is 9.84 Å². The van der Waals surface area contributed by atoms with Crippen molar-refractivity contribution in [3.05, 3.63) is 0 Å². The van der Waals surface area contributed by atoms with E-state index in [1.807, 2.05) is 0 Å². The molecule has 2 heteroatoms. The average molecular weight is 228 g/mol. The van der Waals surface area contributed by atoms with Gasteiger partial charge in [0.05, 0.1) is 18.3 Å². The summed E-state index contributed by atoms with van der Waals surface area (Å²) >= 11 is 0. The zero-order valence-electron chi connectivity index (χ0n) is 11.3. The van der Waals surface area contributed by atoms with Gasteiger partial charge < -0.3 is 9.84 Å². The summed E-state index contributed by atoms with van der Waals surface area (Å²) in [6, 6.07) is 0. The second-order valence-electron chi connectivity index (χ2n) is 5.86. The third-order valence-corrected chi connectivity index (χ3v) is 3.99. The van der Waals surface area contributed by atoms with Crippen molar-refractivity contribution >= 4 is 0 Å². The van der Waals surface area contributed by atoms with Gasteiger partial charge in [0, 0.05) is 11.8 Å². The highest BCUT2D eigenvalue weighted by Gasteiger charge is 2.48. The van der Waals surface area contributed by atoms with Crippen molar-refractivity contribution in [1.82, 2.24) is 0 Å². The number of ether oxygens (including phenoxy) is 1. The summed E-state index contributed by atoms with van der Waals surface area (Å²) in [6.45, 7) is 8.58. The van der Waals surface area contributed by atoms with Crippen LogP contribution in [0.5, 0.6) is 0 Å². The van der Waals surface area contributed by atoms with Gasteiger partial charge in [-0.15, -0.1) is 0 Å². The van der Waals surface area contributed by atoms with Gasteiger partial charge in [-0.1, -0.05) is 46.5 Å². The first-order valence-corrected chi connectivity index (χ1v) is 6.82. The predicted molar refractivity (Wildman–Crippen MR) is 67.5 cm³/mol. The molecular formula is C14H28O2. The summed E-state index contributed by atoms with van der Waals surface area (Å²) in [7, 11) is 0. The molecule has 0 saturated heterocycles. The fourth-order valence-electron chi connectivity index (χ4n) is 2.30. The van der Waals surface area contributed by atoms with Crippen molar-refractivity contribution in [2.75, 3.05) is 0 Å². The number of unbranched alkanes of at least 4 members (excludes halogenated alkanes) is 3. The Kier molecular flexibility index (Phi) is 5.26. The van der Waals surface area contributed by atoms with Gasteiger partial charge in [0.15, 0.2) is 0 Å². The van der Waals surface area contributed by atoms with E-state index in [0.29, 0.717) is 6.10 Å². The van der Waals surface area contributed by atoms with Crippen LogP contribution in [-0.2, 0) is 4.74 Å². The molecule has 0 heterocycles. The lowest BCUT2D eigenvalue weighted by atomic mass is 9.66. The van der Waals surface area contributed by atoms with E-state index in [1.54, 1.807) is 0 Å². The molecule has 2 nitrogen and oxygen atoms in total. The molecule has 1 fully saturated rings. The van der Waals surface area contributed by atoms with E-state index < -0.39 is 0 Å². The van der Waals surface area contributed by atoms with Gasteiger partial charge in [0.25, 0.3) is 0 Å². The minimum atomic E-state index is -0.176. The molecule has 0 spiro atoms. The van der Waals surface area contributed by atoms with E-state index in [2.05, 4.69) is 27.7 Å². The van der Waals surface area contributed by atoms with E-state index in [9.17, 15) is 5.11 Å². The second-order valence-corrected chi connectivity index (χ2v) is 5.86. The molecule has 0 aromatic heterocycles. The molecule has 0 aromatic carbocycles. The van der Waals surface area contributed by atoms with Crippen molar-refractivity contribution in [3.8, 4) is 0 Å². The zero-order valence-corrected chi connectivity index (χ0v) is 11.3. The third kappa shape index (κ3) is 3.46. The van der Waals surface area contributed by atoms with Crippen molar-refractivity contribution in [1.29, 1.82) is 0 Å². The molecule has 3 unspecified atom stereocenters. The van der Waals surface area contributed by atoms with Gasteiger partial charge in [0.2, 0.25) is 0 Å². The lowest BCUT2D eigenvalue weighted by Gasteiger charge is -2.49. The van der Waals surface area contributed by atoms with Crippen LogP contribution in [0.2, 0.25) is 0 Å². The van der Waals surface area contributed by atoms with Crippen LogP contribution in [0.4, 0.5) is 0 Å². The normalized spacial score (nSPS) is 29.8. The molecule has 3 atom stereocenters. The molecule has 1 N–H and O–H groups in total. The average Bonchev–Trinajstić information content (AvgIpc) is 2.24. The minimum absolute atomic E-state index is 0.0440. The summed E-state index contributed by atoms with van der Waals surface area (Å²) in [4.78, 5) is 0. The van der Waals surface area contributed by atoms with Crippen molar-refractivity contribution in [2.24, 2.45) is 5.41 Å². The van der Waals surface area contributed by atoms with Crippen LogP contribution in [0.25, 0.3) is 0 Å². The number of aliphatic hydroxyl groups is 1. The van der Waals surface area contributed by atoms with Crippen LogP contribution in [-0.4, -0.2) is 23.4 Å². The maximum absolute atomic E-state index is 9.63. The van der Waals surface area contributed by atoms with Gasteiger partial charge >= 0.3 is 0 Å². The van der Waals surface area contributed by atoms with Crippen LogP contribution in [0.15, 0.2) is 0 Å². The Bertz CT molecular complexity index is 201. The molecule has 1 aliphatic rings. The highest BCUT2D eigenvalue weighted by molar-refractivity contribution is 4.98. The van der Waals surface area contributed by atoms with Crippen LogP contribution >= 0.6 is 0 Å². The monoisotopic (exact) mass is 228 g/mol. The van der Waals surface area contributed by atoms with Gasteiger partial charge in [-0.25, -0.2) is 0 Å². The minimum Gasteiger partial charge on any atom is -0.392 e. The van der Waals surface area contributed by atoms with Gasteiger partial charge in [0.1, 0.15) is 0 Å². The summed E-state index contributed by atoms with van der Waals surface area (Å²) < 4.78 is 5.99. The molecule has 0 aliphatic heterocycles. The second kappa shape index (κ2) is 6.02. The molecule has 1 aliphatic carbocycles. The Morgan fingerprint density at radius 3 is 2.50 bits per heavy atom. The fourth-order valence-corrected chi connectivity index (χ4v) is 2.30. The topological polar surface area (TPSA) is 29.5 Å². The largest absolute Gasteiger partial charge is 0.392 e. The lowest BCUT2D eigenvalue weighted by Crippen LogP contribution is -2.55. The van der Waals surface area contributed by atoms with Crippen LogP contribution in [0, 0.1) is 5.41 Å². The first-order valence-electron chi connectivity index (χ1n) is 6.82. The molecule has 1 saturated carbocycles. The van der Waals surface area contributed by atoms with E-state index in [1.165, 1.54) is 25.7 Å². The first-order chi connectivity index (χ1) is 7.48. The van der Waals surface area contributed by atoms with Gasteiger partial charge in [-0.3, -0.25) is 0 Å². The predicted octanol–water partition coefficient (Wildman–Crippen LogP) is 3.52. The van der Waals surface area contributed by atoms with E-state index in [-0.39, 0.29) is 17.6 Å². The standard InChI is InChI=1S/C14H28O2/c1-5-6-7-8-9-11(2)16-13-10-12(15)14(13,3)4/h11-13,15H,5-10H2,1-4H3. The Morgan fingerprint density at radius 1 is 1.31 bits per heavy atom. The van der Waals surface area contributed by atoms with Crippen molar-refractivity contribution in [2.45, 2.75) is 84.5 Å². The Hall–Kier alpha value is -0.0800. The maximum atomic E-state index is 9.63. The maximum Gasteiger partial charge on any atom is 0.0679 e. The number of hydrogen-bond donors (Lipinski definition) is 1. The van der Waals surface area contributed by atoms with Crippen LogP contribution < -0.4 is 0 Å². The van der Waals surface area contributed by atoms with E-state index in [0.717, 1.165) is 12.8 Å². The molecule has 0 bridgehead atoms. The number of aliphatic hydroxyl groups excluding tert-OH is 1. The Labute approximate surface area is 100 Å². The van der Waals surface area contributed by atoms with E-state index >= 15 is 0 Å². The number of rotatable bonds is 7. The highest BCUT2D eigenvalue weighted by Crippen LogP contribution is 2.43. The lowest BCUT2D eigenvalue weighted by molar-refractivity contribution is -0.192. The Morgan fingerprint density at radius 2 is 2.00 bits per heavy atom. The summed E-state index contributed by atoms with van der Waals surface area (Å²) in [5.74, 6) is 0.